The Balaban J connectivity index is 2.12. The molecule has 0 aliphatic heterocycles. The molecule has 1 fully saturated rings. The summed E-state index contributed by atoms with van der Waals surface area (Å²) in [5.41, 5.74) is 2.99. The summed E-state index contributed by atoms with van der Waals surface area (Å²) in [6, 6.07) is 5.71. The summed E-state index contributed by atoms with van der Waals surface area (Å²) in [7, 11) is 0. The Morgan fingerprint density at radius 2 is 1.78 bits per heavy atom. The normalized spacial score (nSPS) is 23.0. The van der Waals surface area contributed by atoms with Crippen molar-refractivity contribution in [2.24, 2.45) is 11.8 Å². The van der Waals surface area contributed by atoms with Gasteiger partial charge < -0.3 is 5.11 Å². The van der Waals surface area contributed by atoms with Gasteiger partial charge in [0.15, 0.2) is 5.78 Å². The van der Waals surface area contributed by atoms with Crippen LogP contribution in [0.2, 0.25) is 0 Å². The molecule has 1 aliphatic carbocycles. The number of carbonyl (C=O) groups excluding carboxylic acids is 1. The largest absolute Gasteiger partial charge is 0.481 e. The minimum absolute atomic E-state index is 0.0989. The van der Waals surface area contributed by atoms with Crippen molar-refractivity contribution >= 4 is 11.8 Å². The van der Waals surface area contributed by atoms with Gasteiger partial charge in [0.2, 0.25) is 0 Å². The first-order valence-corrected chi connectivity index (χ1v) is 6.33. The van der Waals surface area contributed by atoms with Gasteiger partial charge in [-0.25, -0.2) is 0 Å². The van der Waals surface area contributed by atoms with Crippen LogP contribution in [0, 0.1) is 25.7 Å². The summed E-state index contributed by atoms with van der Waals surface area (Å²) in [5.74, 6) is -1.13. The molecule has 0 unspecified atom stereocenters. The van der Waals surface area contributed by atoms with Gasteiger partial charge in [-0.15, -0.1) is 0 Å². The van der Waals surface area contributed by atoms with E-state index in [2.05, 4.69) is 0 Å². The highest BCUT2D eigenvalue weighted by Gasteiger charge is 2.34. The monoisotopic (exact) mass is 246 g/mol. The number of hydrogen-bond donors (Lipinski definition) is 1. The second-order valence-electron chi connectivity index (χ2n) is 5.21. The topological polar surface area (TPSA) is 54.4 Å². The van der Waals surface area contributed by atoms with E-state index in [4.69, 9.17) is 5.11 Å². The molecule has 0 saturated heterocycles. The van der Waals surface area contributed by atoms with E-state index in [0.717, 1.165) is 5.56 Å². The summed E-state index contributed by atoms with van der Waals surface area (Å²) in [5, 5.41) is 8.95. The number of Topliss-reactive ketones (excluding diaryl/α,β-unsaturated/α-hetero) is 1. The molecule has 3 nitrogen and oxygen atoms in total. The van der Waals surface area contributed by atoms with Crippen molar-refractivity contribution in [2.75, 3.05) is 0 Å². The van der Waals surface area contributed by atoms with E-state index in [1.807, 2.05) is 32.0 Å². The molecule has 0 spiro atoms. The van der Waals surface area contributed by atoms with E-state index in [0.29, 0.717) is 24.8 Å². The van der Waals surface area contributed by atoms with Crippen molar-refractivity contribution in [3.05, 3.63) is 34.9 Å². The molecule has 1 aromatic rings. The highest BCUT2D eigenvalue weighted by Crippen LogP contribution is 2.33. The molecular formula is C15H18O3. The standard InChI is InChI=1S/C15H18O3/c1-9-3-4-11(7-10(9)2)14(16)12-5-6-13(8-12)15(17)18/h3-4,7,12-13H,5-6,8H2,1-2H3,(H,17,18)/t12-,13+/m1/s1. The Bertz CT molecular complexity index is 491. The lowest BCUT2D eigenvalue weighted by Crippen LogP contribution is -2.14. The number of rotatable bonds is 3. The number of aliphatic carboxylic acids is 1. The van der Waals surface area contributed by atoms with Crippen LogP contribution >= 0.6 is 0 Å². The van der Waals surface area contributed by atoms with Crippen LogP contribution in [0.1, 0.15) is 40.7 Å². The van der Waals surface area contributed by atoms with Gasteiger partial charge in [0.05, 0.1) is 5.92 Å². The third-order valence-corrected chi connectivity index (χ3v) is 3.94. The van der Waals surface area contributed by atoms with Gasteiger partial charge in [0, 0.05) is 11.5 Å². The van der Waals surface area contributed by atoms with Crippen molar-refractivity contribution in [2.45, 2.75) is 33.1 Å². The summed E-state index contributed by atoms with van der Waals surface area (Å²) in [4.78, 5) is 23.2. The molecule has 0 aromatic heterocycles. The Kier molecular flexibility index (Phi) is 3.50. The second kappa shape index (κ2) is 4.92. The molecule has 96 valence electrons. The van der Waals surface area contributed by atoms with E-state index >= 15 is 0 Å². The van der Waals surface area contributed by atoms with Crippen molar-refractivity contribution in [3.8, 4) is 0 Å². The van der Waals surface area contributed by atoms with Crippen LogP contribution in [0.3, 0.4) is 0 Å². The van der Waals surface area contributed by atoms with Crippen molar-refractivity contribution in [3.63, 3.8) is 0 Å². The van der Waals surface area contributed by atoms with Gasteiger partial charge in [-0.05, 0) is 50.3 Å². The van der Waals surface area contributed by atoms with E-state index in [9.17, 15) is 9.59 Å². The average Bonchev–Trinajstić information content (AvgIpc) is 2.81. The summed E-state index contributed by atoms with van der Waals surface area (Å²) < 4.78 is 0. The number of ketones is 1. The third-order valence-electron chi connectivity index (χ3n) is 3.94. The Morgan fingerprint density at radius 1 is 1.11 bits per heavy atom. The third kappa shape index (κ3) is 2.45. The van der Waals surface area contributed by atoms with E-state index in [1.165, 1.54) is 5.56 Å². The molecule has 0 bridgehead atoms. The van der Waals surface area contributed by atoms with Crippen molar-refractivity contribution in [1.82, 2.24) is 0 Å². The quantitative estimate of drug-likeness (QED) is 0.834. The number of benzene rings is 1. The molecule has 18 heavy (non-hydrogen) atoms. The van der Waals surface area contributed by atoms with Crippen LogP contribution in [0.25, 0.3) is 0 Å². The molecule has 2 atom stereocenters. The van der Waals surface area contributed by atoms with E-state index < -0.39 is 5.97 Å². The Labute approximate surface area is 107 Å². The number of aryl methyl sites for hydroxylation is 2. The lowest BCUT2D eigenvalue weighted by Gasteiger charge is -2.10. The fourth-order valence-corrected chi connectivity index (χ4v) is 2.57. The minimum Gasteiger partial charge on any atom is -0.481 e. The zero-order valence-electron chi connectivity index (χ0n) is 10.8. The second-order valence-corrected chi connectivity index (χ2v) is 5.21. The van der Waals surface area contributed by atoms with E-state index in [1.54, 1.807) is 0 Å². The molecule has 3 heteroatoms. The molecule has 1 saturated carbocycles. The molecule has 1 N–H and O–H groups in total. The molecule has 0 radical (unpaired) electrons. The van der Waals surface area contributed by atoms with Gasteiger partial charge in [0.25, 0.3) is 0 Å². The number of hydrogen-bond acceptors (Lipinski definition) is 2. The van der Waals surface area contributed by atoms with Gasteiger partial charge in [-0.2, -0.15) is 0 Å². The number of carboxylic acid groups (broad SMARTS) is 1. The summed E-state index contributed by atoms with van der Waals surface area (Å²) in [6.07, 6.45) is 1.81. The highest BCUT2D eigenvalue weighted by molar-refractivity contribution is 5.98. The highest BCUT2D eigenvalue weighted by atomic mass is 16.4. The lowest BCUT2D eigenvalue weighted by atomic mass is 9.93. The zero-order chi connectivity index (χ0) is 13.3. The van der Waals surface area contributed by atoms with Crippen molar-refractivity contribution < 1.29 is 14.7 Å². The molecule has 1 aromatic carbocycles. The van der Waals surface area contributed by atoms with Gasteiger partial charge in [-0.3, -0.25) is 9.59 Å². The van der Waals surface area contributed by atoms with Gasteiger partial charge in [0.1, 0.15) is 0 Å². The SMILES string of the molecule is Cc1ccc(C(=O)[C@@H]2CC[C@H](C(=O)O)C2)cc1C. The number of carboxylic acids is 1. The molecular weight excluding hydrogens is 228 g/mol. The van der Waals surface area contributed by atoms with Crippen LogP contribution < -0.4 is 0 Å². The van der Waals surface area contributed by atoms with Crippen molar-refractivity contribution in [1.29, 1.82) is 0 Å². The molecule has 0 heterocycles. The molecule has 0 amide bonds. The maximum absolute atomic E-state index is 12.3. The fourth-order valence-electron chi connectivity index (χ4n) is 2.57. The predicted octanol–water partition coefficient (Wildman–Crippen LogP) is 2.99. The average molecular weight is 246 g/mol. The van der Waals surface area contributed by atoms with Crippen LogP contribution in [0.15, 0.2) is 18.2 Å². The smallest absolute Gasteiger partial charge is 0.306 e. The first kappa shape index (κ1) is 12.8. The maximum Gasteiger partial charge on any atom is 0.306 e. The number of carbonyl (C=O) groups is 2. The molecule has 1 aliphatic rings. The Hall–Kier alpha value is -1.64. The Morgan fingerprint density at radius 3 is 2.33 bits per heavy atom. The van der Waals surface area contributed by atoms with Gasteiger partial charge >= 0.3 is 5.97 Å². The van der Waals surface area contributed by atoms with Crippen LogP contribution in [-0.4, -0.2) is 16.9 Å². The van der Waals surface area contributed by atoms with E-state index in [-0.39, 0.29) is 17.6 Å². The first-order chi connectivity index (χ1) is 8.49. The minimum atomic E-state index is -0.773. The lowest BCUT2D eigenvalue weighted by molar-refractivity contribution is -0.141. The maximum atomic E-state index is 12.3. The van der Waals surface area contributed by atoms with Crippen LogP contribution in [0.4, 0.5) is 0 Å². The fraction of sp³-hybridized carbons (Fsp3) is 0.467. The van der Waals surface area contributed by atoms with Gasteiger partial charge in [-0.1, -0.05) is 12.1 Å². The predicted molar refractivity (Wildman–Crippen MR) is 68.7 cm³/mol. The molecule has 2 rings (SSSR count). The summed E-state index contributed by atoms with van der Waals surface area (Å²) >= 11 is 0. The zero-order valence-corrected chi connectivity index (χ0v) is 10.8. The summed E-state index contributed by atoms with van der Waals surface area (Å²) in [6.45, 7) is 4.00. The first-order valence-electron chi connectivity index (χ1n) is 6.33. The van der Waals surface area contributed by atoms with Crippen LogP contribution in [-0.2, 0) is 4.79 Å². The van der Waals surface area contributed by atoms with Crippen LogP contribution in [0.5, 0.6) is 0 Å².